The Hall–Kier alpha value is -1.92. The molecule has 118 valence electrons. The molecule has 1 aliphatic rings. The summed E-state index contributed by atoms with van der Waals surface area (Å²) >= 11 is 0. The fourth-order valence-electron chi connectivity index (χ4n) is 2.61. The fourth-order valence-corrected chi connectivity index (χ4v) is 2.61. The third-order valence-corrected chi connectivity index (χ3v) is 3.78. The zero-order chi connectivity index (χ0) is 14.5. The number of halogens is 1. The number of amides is 1. The molecule has 0 spiro atoms. The van der Waals surface area contributed by atoms with E-state index in [2.05, 4.69) is 25.8 Å². The highest BCUT2D eigenvalue weighted by molar-refractivity contribution is 5.91. The van der Waals surface area contributed by atoms with Crippen molar-refractivity contribution in [3.63, 3.8) is 0 Å². The molecule has 1 fully saturated rings. The molecule has 3 N–H and O–H groups in total. The molecule has 1 aromatic carbocycles. The first-order chi connectivity index (χ1) is 10.3. The van der Waals surface area contributed by atoms with Crippen molar-refractivity contribution in [2.24, 2.45) is 5.92 Å². The van der Waals surface area contributed by atoms with E-state index in [4.69, 9.17) is 0 Å². The van der Waals surface area contributed by atoms with E-state index in [0.29, 0.717) is 18.2 Å². The van der Waals surface area contributed by atoms with E-state index in [1.54, 1.807) is 0 Å². The number of carbonyl (C=O) groups is 1. The van der Waals surface area contributed by atoms with Crippen LogP contribution in [0, 0.1) is 5.92 Å². The normalized spacial score (nSPS) is 17.0. The molecule has 0 radical (unpaired) electrons. The second-order valence-corrected chi connectivity index (χ2v) is 5.36. The summed E-state index contributed by atoms with van der Waals surface area (Å²) in [5.74, 6) is 1.40. The number of carbonyl (C=O) groups excluding carboxylic acids is 1. The number of nitrogens with zero attached hydrogens (tertiary/aromatic N) is 2. The van der Waals surface area contributed by atoms with Crippen molar-refractivity contribution >= 4 is 24.0 Å². The Labute approximate surface area is 135 Å². The summed E-state index contributed by atoms with van der Waals surface area (Å²) in [6, 6.07) is 7.61. The Balaban J connectivity index is 0.00000176. The SMILES string of the molecule is Cl.O=C(CCC1CCNC1)Nc1cccc(-c2ncn[nH]2)c1. The molecule has 6 nitrogen and oxygen atoms in total. The summed E-state index contributed by atoms with van der Waals surface area (Å²) in [5.41, 5.74) is 1.70. The minimum Gasteiger partial charge on any atom is -0.326 e. The van der Waals surface area contributed by atoms with E-state index < -0.39 is 0 Å². The van der Waals surface area contributed by atoms with E-state index in [0.717, 1.165) is 30.8 Å². The van der Waals surface area contributed by atoms with Gasteiger partial charge < -0.3 is 10.6 Å². The molecule has 3 rings (SSSR count). The Bertz CT molecular complexity index is 596. The number of rotatable bonds is 5. The topological polar surface area (TPSA) is 82.7 Å². The van der Waals surface area contributed by atoms with Crippen LogP contribution in [0.25, 0.3) is 11.4 Å². The molecule has 1 unspecified atom stereocenters. The zero-order valence-corrected chi connectivity index (χ0v) is 13.0. The Morgan fingerprint density at radius 1 is 1.41 bits per heavy atom. The highest BCUT2D eigenvalue weighted by atomic mass is 35.5. The van der Waals surface area contributed by atoms with Gasteiger partial charge in [-0.05, 0) is 44.0 Å². The molecular weight excluding hydrogens is 302 g/mol. The van der Waals surface area contributed by atoms with Gasteiger partial charge in [0.05, 0.1) is 0 Å². The van der Waals surface area contributed by atoms with E-state index in [1.165, 1.54) is 12.7 Å². The van der Waals surface area contributed by atoms with Crippen LogP contribution in [0.15, 0.2) is 30.6 Å². The largest absolute Gasteiger partial charge is 0.326 e. The molecule has 1 aliphatic heterocycles. The number of hydrogen-bond donors (Lipinski definition) is 3. The fraction of sp³-hybridized carbons (Fsp3) is 0.400. The van der Waals surface area contributed by atoms with Gasteiger partial charge in [-0.2, -0.15) is 5.10 Å². The zero-order valence-electron chi connectivity index (χ0n) is 12.2. The number of anilines is 1. The van der Waals surface area contributed by atoms with E-state index in [-0.39, 0.29) is 18.3 Å². The first kappa shape index (κ1) is 16.5. The van der Waals surface area contributed by atoms with Crippen LogP contribution < -0.4 is 10.6 Å². The van der Waals surface area contributed by atoms with Crippen LogP contribution in [0.3, 0.4) is 0 Å². The van der Waals surface area contributed by atoms with Crippen LogP contribution in [-0.2, 0) is 4.79 Å². The number of hydrogen-bond acceptors (Lipinski definition) is 4. The number of aromatic nitrogens is 3. The molecule has 7 heteroatoms. The summed E-state index contributed by atoms with van der Waals surface area (Å²) in [5, 5.41) is 12.9. The summed E-state index contributed by atoms with van der Waals surface area (Å²) < 4.78 is 0. The summed E-state index contributed by atoms with van der Waals surface area (Å²) in [6.45, 7) is 2.11. The Kier molecular flexibility index (Phi) is 5.91. The van der Waals surface area contributed by atoms with Gasteiger partial charge in [-0.15, -0.1) is 12.4 Å². The lowest BCUT2D eigenvalue weighted by Crippen LogP contribution is -2.15. The standard InChI is InChI=1S/C15H19N5O.ClH/c21-14(5-4-11-6-7-16-9-11)19-13-3-1-2-12(8-13)15-17-10-18-20-15;/h1-3,8,10-11,16H,4-7,9H2,(H,19,21)(H,17,18,20);1H. The van der Waals surface area contributed by atoms with E-state index >= 15 is 0 Å². The lowest BCUT2D eigenvalue weighted by Gasteiger charge is -2.09. The molecule has 2 aromatic rings. The summed E-state index contributed by atoms with van der Waals surface area (Å²) in [6.07, 6.45) is 4.16. The molecular formula is C15H20ClN5O. The molecule has 1 atom stereocenters. The predicted octanol–water partition coefficient (Wildman–Crippen LogP) is 2.22. The van der Waals surface area contributed by atoms with Gasteiger partial charge in [-0.1, -0.05) is 12.1 Å². The van der Waals surface area contributed by atoms with Gasteiger partial charge in [0.2, 0.25) is 5.91 Å². The maximum Gasteiger partial charge on any atom is 0.224 e. The summed E-state index contributed by atoms with van der Waals surface area (Å²) in [4.78, 5) is 16.1. The van der Waals surface area contributed by atoms with Crippen molar-refractivity contribution in [3.05, 3.63) is 30.6 Å². The maximum atomic E-state index is 12.0. The molecule has 2 heterocycles. The molecule has 22 heavy (non-hydrogen) atoms. The van der Waals surface area contributed by atoms with Crippen molar-refractivity contribution in [1.29, 1.82) is 0 Å². The molecule has 0 aliphatic carbocycles. The highest BCUT2D eigenvalue weighted by Gasteiger charge is 2.15. The predicted molar refractivity (Wildman–Crippen MR) is 87.9 cm³/mol. The smallest absolute Gasteiger partial charge is 0.224 e. The van der Waals surface area contributed by atoms with Gasteiger partial charge in [0.1, 0.15) is 6.33 Å². The third kappa shape index (κ3) is 4.29. The first-order valence-electron chi connectivity index (χ1n) is 7.27. The van der Waals surface area contributed by atoms with Gasteiger partial charge in [-0.3, -0.25) is 9.89 Å². The Morgan fingerprint density at radius 3 is 3.05 bits per heavy atom. The average molecular weight is 322 g/mol. The molecule has 1 amide bonds. The van der Waals surface area contributed by atoms with Crippen LogP contribution in [-0.4, -0.2) is 34.2 Å². The van der Waals surface area contributed by atoms with Crippen LogP contribution >= 0.6 is 12.4 Å². The molecule has 1 saturated heterocycles. The lowest BCUT2D eigenvalue weighted by molar-refractivity contribution is -0.116. The number of nitrogens with one attached hydrogen (secondary N) is 3. The monoisotopic (exact) mass is 321 g/mol. The van der Waals surface area contributed by atoms with Crippen molar-refractivity contribution in [3.8, 4) is 11.4 Å². The van der Waals surface area contributed by atoms with E-state index in [9.17, 15) is 4.79 Å². The number of aromatic amines is 1. The van der Waals surface area contributed by atoms with E-state index in [1.807, 2.05) is 24.3 Å². The second-order valence-electron chi connectivity index (χ2n) is 5.36. The Morgan fingerprint density at radius 2 is 2.32 bits per heavy atom. The van der Waals surface area contributed by atoms with Crippen molar-refractivity contribution in [1.82, 2.24) is 20.5 Å². The van der Waals surface area contributed by atoms with Crippen molar-refractivity contribution in [2.45, 2.75) is 19.3 Å². The van der Waals surface area contributed by atoms with Crippen molar-refractivity contribution in [2.75, 3.05) is 18.4 Å². The molecule has 0 saturated carbocycles. The van der Waals surface area contributed by atoms with Crippen LogP contribution in [0.2, 0.25) is 0 Å². The van der Waals surface area contributed by atoms with Gasteiger partial charge in [0.25, 0.3) is 0 Å². The molecule has 0 bridgehead atoms. The summed E-state index contributed by atoms with van der Waals surface area (Å²) in [7, 11) is 0. The minimum absolute atomic E-state index is 0. The third-order valence-electron chi connectivity index (χ3n) is 3.78. The second kappa shape index (κ2) is 7.91. The van der Waals surface area contributed by atoms with Crippen LogP contribution in [0.4, 0.5) is 5.69 Å². The highest BCUT2D eigenvalue weighted by Crippen LogP contribution is 2.19. The van der Waals surface area contributed by atoms with Gasteiger partial charge in [0.15, 0.2) is 5.82 Å². The van der Waals surface area contributed by atoms with Crippen LogP contribution in [0.1, 0.15) is 19.3 Å². The number of H-pyrrole nitrogens is 1. The average Bonchev–Trinajstić information content (AvgIpc) is 3.19. The quantitative estimate of drug-likeness (QED) is 0.788. The minimum atomic E-state index is 0. The van der Waals surface area contributed by atoms with Crippen LogP contribution in [0.5, 0.6) is 0 Å². The van der Waals surface area contributed by atoms with Crippen molar-refractivity contribution < 1.29 is 4.79 Å². The molecule has 1 aromatic heterocycles. The number of benzene rings is 1. The van der Waals surface area contributed by atoms with Gasteiger partial charge in [0, 0.05) is 17.7 Å². The van der Waals surface area contributed by atoms with Gasteiger partial charge >= 0.3 is 0 Å². The lowest BCUT2D eigenvalue weighted by atomic mass is 10.0. The van der Waals surface area contributed by atoms with Gasteiger partial charge in [-0.25, -0.2) is 4.98 Å². The first-order valence-corrected chi connectivity index (χ1v) is 7.27. The maximum absolute atomic E-state index is 12.0.